The lowest BCUT2D eigenvalue weighted by Crippen LogP contribution is -2.60. The maximum atomic E-state index is 12.1. The summed E-state index contributed by atoms with van der Waals surface area (Å²) in [6.45, 7) is 1.77. The second kappa shape index (κ2) is 15.2. The van der Waals surface area contributed by atoms with Gasteiger partial charge in [-0.2, -0.15) is 0 Å². The molecule has 0 aromatic heterocycles. The van der Waals surface area contributed by atoms with Crippen molar-refractivity contribution in [3.63, 3.8) is 0 Å². The molecule has 0 aromatic rings. The van der Waals surface area contributed by atoms with Crippen LogP contribution in [0.25, 0.3) is 0 Å². The zero-order valence-electron chi connectivity index (χ0n) is 17.6. The molecule has 1 fully saturated rings. The van der Waals surface area contributed by atoms with Gasteiger partial charge >= 0.3 is 5.97 Å². The first kappa shape index (κ1) is 25.3. The zero-order chi connectivity index (χ0) is 20.8. The monoisotopic (exact) mass is 404 g/mol. The fraction of sp³-hybridized carbons (Fsp3) is 0.952. The zero-order valence-corrected chi connectivity index (χ0v) is 17.6. The molecule has 5 atom stereocenters. The van der Waals surface area contributed by atoms with Gasteiger partial charge in [0, 0.05) is 13.5 Å². The summed E-state index contributed by atoms with van der Waals surface area (Å²) in [4.78, 5) is 12.1. The van der Waals surface area contributed by atoms with Crippen molar-refractivity contribution in [1.29, 1.82) is 0 Å². The highest BCUT2D eigenvalue weighted by Gasteiger charge is 2.46. The number of carbonyl (C=O) groups is 1. The Bertz CT molecular complexity index is 402. The van der Waals surface area contributed by atoms with Crippen LogP contribution in [0.4, 0.5) is 0 Å². The molecule has 1 rings (SSSR count). The van der Waals surface area contributed by atoms with Crippen LogP contribution >= 0.6 is 0 Å². The Morgan fingerprint density at radius 1 is 0.893 bits per heavy atom. The lowest BCUT2D eigenvalue weighted by atomic mass is 9.99. The molecular weight excluding hydrogens is 364 g/mol. The molecule has 0 unspecified atom stereocenters. The minimum Gasteiger partial charge on any atom is -0.454 e. The van der Waals surface area contributed by atoms with Gasteiger partial charge in [0.25, 0.3) is 0 Å². The molecule has 0 spiro atoms. The van der Waals surface area contributed by atoms with Crippen LogP contribution < -0.4 is 0 Å². The van der Waals surface area contributed by atoms with E-state index >= 15 is 0 Å². The summed E-state index contributed by atoms with van der Waals surface area (Å²) in [7, 11) is 1.36. The van der Waals surface area contributed by atoms with Gasteiger partial charge in [0.05, 0.1) is 6.61 Å². The van der Waals surface area contributed by atoms with Crippen LogP contribution in [0.1, 0.15) is 84.0 Å². The number of rotatable bonds is 15. The van der Waals surface area contributed by atoms with Gasteiger partial charge in [-0.05, 0) is 6.42 Å². The maximum absolute atomic E-state index is 12.1. The average Bonchev–Trinajstić information content (AvgIpc) is 2.70. The molecule has 166 valence electrons. The number of aliphatic hydroxyl groups excluding tert-OH is 3. The van der Waals surface area contributed by atoms with Crippen LogP contribution in [0.15, 0.2) is 0 Å². The molecule has 28 heavy (non-hydrogen) atoms. The summed E-state index contributed by atoms with van der Waals surface area (Å²) in [5.74, 6) is -0.444. The standard InChI is InChI=1S/C21H40O7/c1-3-4-5-6-7-8-9-10-11-12-13-14-17(23)28-20-19(25)18(24)16(15-22)27-21(20)26-2/h16,18-22,24-25H,3-15H2,1-2H3/t16-,18-,19+,20-,21-/m1/s1. The third kappa shape index (κ3) is 9.18. The first-order valence-corrected chi connectivity index (χ1v) is 10.9. The maximum Gasteiger partial charge on any atom is 0.306 e. The highest BCUT2D eigenvalue weighted by molar-refractivity contribution is 5.69. The second-order valence-corrected chi connectivity index (χ2v) is 7.68. The van der Waals surface area contributed by atoms with Crippen molar-refractivity contribution in [1.82, 2.24) is 0 Å². The molecule has 0 radical (unpaired) electrons. The van der Waals surface area contributed by atoms with Crippen LogP contribution in [-0.2, 0) is 19.0 Å². The Morgan fingerprint density at radius 3 is 1.93 bits per heavy atom. The van der Waals surface area contributed by atoms with Gasteiger partial charge in [-0.15, -0.1) is 0 Å². The van der Waals surface area contributed by atoms with E-state index in [9.17, 15) is 20.1 Å². The number of unbranched alkanes of at least 4 members (excludes halogenated alkanes) is 10. The normalized spacial score (nSPS) is 27.7. The molecule has 0 amide bonds. The van der Waals surface area contributed by atoms with Crippen molar-refractivity contribution in [3.8, 4) is 0 Å². The van der Waals surface area contributed by atoms with E-state index < -0.39 is 43.3 Å². The Morgan fingerprint density at radius 2 is 1.43 bits per heavy atom. The summed E-state index contributed by atoms with van der Waals surface area (Å²) in [5.41, 5.74) is 0. The Labute approximate surface area is 169 Å². The fourth-order valence-electron chi connectivity index (χ4n) is 3.52. The Balaban J connectivity index is 2.14. The van der Waals surface area contributed by atoms with E-state index in [1.807, 2.05) is 0 Å². The van der Waals surface area contributed by atoms with Crippen molar-refractivity contribution in [3.05, 3.63) is 0 Å². The van der Waals surface area contributed by atoms with Gasteiger partial charge in [-0.25, -0.2) is 0 Å². The van der Waals surface area contributed by atoms with E-state index in [4.69, 9.17) is 14.2 Å². The lowest BCUT2D eigenvalue weighted by Gasteiger charge is -2.40. The molecule has 1 heterocycles. The number of carbonyl (C=O) groups excluding carboxylic acids is 1. The number of hydrogen-bond acceptors (Lipinski definition) is 7. The number of esters is 1. The van der Waals surface area contributed by atoms with Gasteiger partial charge in [0.1, 0.15) is 18.3 Å². The van der Waals surface area contributed by atoms with Crippen molar-refractivity contribution < 1.29 is 34.3 Å². The summed E-state index contributed by atoms with van der Waals surface area (Å²) in [5, 5.41) is 29.3. The SMILES string of the molecule is CCCCCCCCCCCCCC(=O)O[C@H]1[C@H](OC)O[C@H](CO)[C@@H](O)[C@@H]1O. The van der Waals surface area contributed by atoms with Crippen LogP contribution in [0.2, 0.25) is 0 Å². The molecule has 1 saturated heterocycles. The molecule has 0 bridgehead atoms. The predicted molar refractivity (Wildman–Crippen MR) is 106 cm³/mol. The topological polar surface area (TPSA) is 105 Å². The molecule has 0 aliphatic carbocycles. The van der Waals surface area contributed by atoms with Crippen LogP contribution in [0, 0.1) is 0 Å². The molecular formula is C21H40O7. The molecule has 0 saturated carbocycles. The smallest absolute Gasteiger partial charge is 0.306 e. The molecule has 1 aliphatic rings. The quantitative estimate of drug-likeness (QED) is 0.285. The van der Waals surface area contributed by atoms with E-state index in [-0.39, 0.29) is 6.42 Å². The predicted octanol–water partition coefficient (Wildman–Crippen LogP) is 2.68. The highest BCUT2D eigenvalue weighted by Crippen LogP contribution is 2.24. The van der Waals surface area contributed by atoms with Crippen LogP contribution in [0.5, 0.6) is 0 Å². The summed E-state index contributed by atoms with van der Waals surface area (Å²) in [6.07, 6.45) is 7.64. The van der Waals surface area contributed by atoms with E-state index in [2.05, 4.69) is 6.92 Å². The summed E-state index contributed by atoms with van der Waals surface area (Å²) in [6, 6.07) is 0. The Hall–Kier alpha value is -0.730. The molecule has 0 aromatic carbocycles. The van der Waals surface area contributed by atoms with Crippen molar-refractivity contribution in [2.45, 2.75) is 115 Å². The number of aliphatic hydroxyl groups is 3. The van der Waals surface area contributed by atoms with E-state index in [0.29, 0.717) is 0 Å². The van der Waals surface area contributed by atoms with Crippen molar-refractivity contribution in [2.75, 3.05) is 13.7 Å². The van der Waals surface area contributed by atoms with Gasteiger partial charge in [-0.1, -0.05) is 71.1 Å². The van der Waals surface area contributed by atoms with Gasteiger partial charge in [-0.3, -0.25) is 4.79 Å². The molecule has 7 nitrogen and oxygen atoms in total. The third-order valence-corrected chi connectivity index (χ3v) is 5.31. The lowest BCUT2D eigenvalue weighted by molar-refractivity contribution is -0.298. The number of hydrogen-bond donors (Lipinski definition) is 3. The van der Waals surface area contributed by atoms with Gasteiger partial charge in [0.2, 0.25) is 0 Å². The summed E-state index contributed by atoms with van der Waals surface area (Å²) >= 11 is 0. The van der Waals surface area contributed by atoms with Gasteiger partial charge < -0.3 is 29.5 Å². The third-order valence-electron chi connectivity index (χ3n) is 5.31. The average molecular weight is 405 g/mol. The Kier molecular flexibility index (Phi) is 13.7. The molecule has 7 heteroatoms. The minimum atomic E-state index is -1.36. The molecule has 3 N–H and O–H groups in total. The van der Waals surface area contributed by atoms with E-state index in [1.165, 1.54) is 58.5 Å². The minimum absolute atomic E-state index is 0.260. The summed E-state index contributed by atoms with van der Waals surface area (Å²) < 4.78 is 15.7. The largest absolute Gasteiger partial charge is 0.454 e. The van der Waals surface area contributed by atoms with Crippen LogP contribution in [0.3, 0.4) is 0 Å². The first-order chi connectivity index (χ1) is 13.5. The number of methoxy groups -OCH3 is 1. The van der Waals surface area contributed by atoms with E-state index in [0.717, 1.165) is 19.3 Å². The van der Waals surface area contributed by atoms with Crippen molar-refractivity contribution in [2.24, 2.45) is 0 Å². The number of ether oxygens (including phenoxy) is 3. The second-order valence-electron chi connectivity index (χ2n) is 7.68. The fourth-order valence-corrected chi connectivity index (χ4v) is 3.52. The van der Waals surface area contributed by atoms with Crippen LogP contribution in [-0.4, -0.2) is 65.7 Å². The van der Waals surface area contributed by atoms with Gasteiger partial charge in [0.15, 0.2) is 12.4 Å². The highest BCUT2D eigenvalue weighted by atomic mass is 16.7. The first-order valence-electron chi connectivity index (χ1n) is 10.9. The molecule has 1 aliphatic heterocycles. The van der Waals surface area contributed by atoms with Crippen molar-refractivity contribution >= 4 is 5.97 Å². The van der Waals surface area contributed by atoms with E-state index in [1.54, 1.807) is 0 Å².